The van der Waals surface area contributed by atoms with E-state index in [4.69, 9.17) is 46.4 Å². The molecule has 8 nitrogen and oxygen atoms in total. The predicted octanol–water partition coefficient (Wildman–Crippen LogP) is 14.1. The SMILES string of the molecule is CC(C)(C)C1=CC(=CN=Nc2c(Cl)cc(S(=O)(=O)c3cc(Cl)c(N=NC=C4C=C(C(C)(C)C)C(=O)C(C(C)(C)C)=C4)c(Cl)c3)cc2Cl)C=C(C(C)(C)C)C1=O. The molecule has 0 fully saturated rings. The van der Waals surface area contributed by atoms with Crippen LogP contribution in [0, 0.1) is 21.7 Å². The van der Waals surface area contributed by atoms with Crippen molar-refractivity contribution in [3.05, 3.63) is 114 Å². The summed E-state index contributed by atoms with van der Waals surface area (Å²) in [5.41, 5.74) is 2.46. The number of hydrogen-bond donors (Lipinski definition) is 0. The van der Waals surface area contributed by atoms with E-state index in [0.29, 0.717) is 33.4 Å². The minimum atomic E-state index is -4.23. The van der Waals surface area contributed by atoms with Crippen molar-refractivity contribution in [3.8, 4) is 0 Å². The summed E-state index contributed by atoms with van der Waals surface area (Å²) in [7, 11) is -4.23. The van der Waals surface area contributed by atoms with Crippen LogP contribution < -0.4 is 0 Å². The van der Waals surface area contributed by atoms with Crippen molar-refractivity contribution in [3.63, 3.8) is 0 Å². The maximum Gasteiger partial charge on any atom is 0.206 e. The van der Waals surface area contributed by atoms with Crippen molar-refractivity contribution < 1.29 is 18.0 Å². The summed E-state index contributed by atoms with van der Waals surface area (Å²) >= 11 is 26.1. The number of allylic oxidation sites excluding steroid dienone is 10. The van der Waals surface area contributed by atoms with E-state index in [9.17, 15) is 18.0 Å². The van der Waals surface area contributed by atoms with Gasteiger partial charge in [0, 0.05) is 22.3 Å². The van der Waals surface area contributed by atoms with Gasteiger partial charge in [0.1, 0.15) is 11.4 Å². The van der Waals surface area contributed by atoms with Gasteiger partial charge in [0.25, 0.3) is 0 Å². The Morgan fingerprint density at radius 3 is 0.927 bits per heavy atom. The molecule has 0 atom stereocenters. The summed E-state index contributed by atoms with van der Waals surface area (Å²) in [4.78, 5) is 26.1. The van der Waals surface area contributed by atoms with Crippen LogP contribution in [0.2, 0.25) is 20.1 Å². The Morgan fingerprint density at radius 2 is 0.709 bits per heavy atom. The second-order valence-corrected chi connectivity index (χ2v) is 21.1. The van der Waals surface area contributed by atoms with Crippen LogP contribution in [0.3, 0.4) is 0 Å². The van der Waals surface area contributed by atoms with Crippen molar-refractivity contribution in [1.29, 1.82) is 0 Å². The fourth-order valence-corrected chi connectivity index (χ4v) is 8.46. The Balaban J connectivity index is 1.64. The summed E-state index contributed by atoms with van der Waals surface area (Å²) in [5.74, 6) is -0.0180. The highest BCUT2D eigenvalue weighted by molar-refractivity contribution is 7.91. The highest BCUT2D eigenvalue weighted by Gasteiger charge is 2.35. The molecular formula is C42H46Cl4N4O4S. The number of rotatable bonds is 6. The van der Waals surface area contributed by atoms with Crippen LogP contribution in [0.1, 0.15) is 83.1 Å². The largest absolute Gasteiger partial charge is 0.289 e. The van der Waals surface area contributed by atoms with Crippen molar-refractivity contribution in [1.82, 2.24) is 0 Å². The first-order valence-electron chi connectivity index (χ1n) is 17.5. The lowest BCUT2D eigenvalue weighted by Crippen LogP contribution is -2.27. The van der Waals surface area contributed by atoms with Gasteiger partial charge < -0.3 is 0 Å². The first-order valence-corrected chi connectivity index (χ1v) is 20.5. The second kappa shape index (κ2) is 15.8. The molecule has 0 saturated heterocycles. The molecule has 2 aromatic carbocycles. The molecule has 0 N–H and O–H groups in total. The van der Waals surface area contributed by atoms with Crippen LogP contribution in [0.4, 0.5) is 11.4 Å². The maximum atomic E-state index is 13.8. The number of hydrogen-bond acceptors (Lipinski definition) is 8. The average Bonchev–Trinajstić information content (AvgIpc) is 3.02. The van der Waals surface area contributed by atoms with Crippen LogP contribution in [-0.4, -0.2) is 20.0 Å². The monoisotopic (exact) mass is 842 g/mol. The van der Waals surface area contributed by atoms with Crippen LogP contribution in [0.5, 0.6) is 0 Å². The van der Waals surface area contributed by atoms with Crippen molar-refractivity contribution in [2.75, 3.05) is 0 Å². The molecule has 0 amide bonds. The number of halogens is 4. The molecule has 0 aromatic heterocycles. The van der Waals surface area contributed by atoms with Gasteiger partial charge in [-0.05, 0) is 81.4 Å². The van der Waals surface area contributed by atoms with Gasteiger partial charge in [-0.25, -0.2) is 8.42 Å². The molecule has 0 radical (unpaired) electrons. The standard InChI is InChI=1S/C42H46Cl4N4O4S/c1-39(2,3)27-13-23(14-28(37(27)51)40(4,5)6)21-47-49-35-31(43)17-25(18-32(35)44)55(53,54)26-19-33(45)36(34(46)20-26)50-48-22-24-15-29(41(7,8)9)38(52)30(16-24)42(10,11)12/h13-22H,1-12H3. The molecule has 2 aliphatic carbocycles. The molecule has 0 saturated carbocycles. The topological polar surface area (TPSA) is 118 Å². The van der Waals surface area contributed by atoms with Crippen molar-refractivity contribution >= 4 is 79.2 Å². The molecule has 0 spiro atoms. The number of carbonyl (C=O) groups is 2. The first kappa shape index (κ1) is 44.2. The predicted molar refractivity (Wildman–Crippen MR) is 224 cm³/mol. The number of ketones is 2. The number of azo groups is 2. The van der Waals surface area contributed by atoms with Gasteiger partial charge in [0.15, 0.2) is 11.6 Å². The van der Waals surface area contributed by atoms with Crippen LogP contribution in [-0.2, 0) is 19.4 Å². The van der Waals surface area contributed by atoms with Gasteiger partial charge in [-0.2, -0.15) is 10.2 Å². The molecular weight excluding hydrogens is 798 g/mol. The number of benzene rings is 2. The van der Waals surface area contributed by atoms with E-state index in [2.05, 4.69) is 20.5 Å². The highest BCUT2D eigenvalue weighted by atomic mass is 35.5. The molecule has 292 valence electrons. The Kier molecular flexibility index (Phi) is 12.7. The highest BCUT2D eigenvalue weighted by Crippen LogP contribution is 2.43. The third-order valence-corrected chi connectivity index (χ3v) is 11.7. The maximum absolute atomic E-state index is 13.8. The van der Waals surface area contributed by atoms with E-state index in [0.717, 1.165) is 0 Å². The Hall–Kier alpha value is -3.47. The molecule has 0 heterocycles. The summed E-state index contributed by atoms with van der Waals surface area (Å²) in [6, 6.07) is 4.87. The Morgan fingerprint density at radius 1 is 0.473 bits per heavy atom. The number of nitrogens with zero attached hydrogens (tertiary/aromatic N) is 4. The zero-order chi connectivity index (χ0) is 41.6. The van der Waals surface area contributed by atoms with Gasteiger partial charge in [-0.1, -0.05) is 129 Å². The third-order valence-electron chi connectivity index (χ3n) is 8.79. The molecule has 55 heavy (non-hydrogen) atoms. The van der Waals surface area contributed by atoms with Crippen LogP contribution in [0.15, 0.2) is 125 Å². The van der Waals surface area contributed by atoms with Gasteiger partial charge in [0.2, 0.25) is 9.84 Å². The van der Waals surface area contributed by atoms with Gasteiger partial charge >= 0.3 is 0 Å². The lowest BCUT2D eigenvalue weighted by Gasteiger charge is -2.31. The van der Waals surface area contributed by atoms with E-state index >= 15 is 0 Å². The first-order chi connectivity index (χ1) is 25.0. The molecule has 4 rings (SSSR count). The van der Waals surface area contributed by atoms with Gasteiger partial charge in [-0.3, -0.25) is 9.59 Å². The Bertz CT molecular complexity index is 2060. The van der Waals surface area contributed by atoms with Crippen molar-refractivity contribution in [2.45, 2.75) is 92.9 Å². The van der Waals surface area contributed by atoms with Gasteiger partial charge in [0.05, 0.1) is 42.3 Å². The smallest absolute Gasteiger partial charge is 0.206 e. The average molecular weight is 845 g/mol. The normalized spacial score (nSPS) is 16.4. The zero-order valence-electron chi connectivity index (χ0n) is 33.1. The minimum absolute atomic E-state index is 0.00901. The fraction of sp³-hybridized carbons (Fsp3) is 0.381. The molecule has 13 heteroatoms. The molecule has 2 aromatic rings. The molecule has 2 aliphatic rings. The lowest BCUT2D eigenvalue weighted by atomic mass is 9.72. The van der Waals surface area contributed by atoms with E-state index in [1.54, 1.807) is 24.3 Å². The minimum Gasteiger partial charge on any atom is -0.289 e. The van der Waals surface area contributed by atoms with Crippen molar-refractivity contribution in [2.24, 2.45) is 42.1 Å². The number of carbonyl (C=O) groups excluding carboxylic acids is 2. The molecule has 0 unspecified atom stereocenters. The number of Topliss-reactive ketones (excluding diaryl/α,β-unsaturated/α-hetero) is 2. The summed E-state index contributed by atoms with van der Waals surface area (Å²) in [6.45, 7) is 23.7. The summed E-state index contributed by atoms with van der Waals surface area (Å²) in [6.07, 6.45) is 10.1. The zero-order valence-corrected chi connectivity index (χ0v) is 37.0. The second-order valence-electron chi connectivity index (χ2n) is 17.6. The lowest BCUT2D eigenvalue weighted by molar-refractivity contribution is -0.114. The summed E-state index contributed by atoms with van der Waals surface area (Å²) < 4.78 is 27.5. The quantitative estimate of drug-likeness (QED) is 0.269. The Labute approximate surface area is 344 Å². The molecule has 0 aliphatic heterocycles. The van der Waals surface area contributed by atoms with E-state index in [1.165, 1.54) is 36.7 Å². The summed E-state index contributed by atoms with van der Waals surface area (Å²) in [5, 5.41) is 16.5. The third kappa shape index (κ3) is 10.1. The van der Waals surface area contributed by atoms with E-state index < -0.39 is 31.5 Å². The number of sulfone groups is 1. The van der Waals surface area contributed by atoms with Crippen LogP contribution >= 0.6 is 46.4 Å². The van der Waals surface area contributed by atoms with Crippen LogP contribution in [0.25, 0.3) is 0 Å². The van der Waals surface area contributed by atoms with Gasteiger partial charge in [-0.15, -0.1) is 10.2 Å². The molecule has 0 bridgehead atoms. The van der Waals surface area contributed by atoms with E-state index in [1.807, 2.05) is 83.1 Å². The van der Waals surface area contributed by atoms with E-state index in [-0.39, 0.29) is 52.8 Å². The fourth-order valence-electron chi connectivity index (χ4n) is 5.71.